The summed E-state index contributed by atoms with van der Waals surface area (Å²) < 4.78 is 6.11. The molecule has 1 aromatic carbocycles. The van der Waals surface area contributed by atoms with E-state index >= 15 is 0 Å². The summed E-state index contributed by atoms with van der Waals surface area (Å²) in [6, 6.07) is 9.52. The van der Waals surface area contributed by atoms with Crippen LogP contribution in [0.4, 0.5) is 0 Å². The van der Waals surface area contributed by atoms with Crippen molar-refractivity contribution in [3.8, 4) is 0 Å². The smallest absolute Gasteiger partial charge is 0.256 e. The molecule has 23 heavy (non-hydrogen) atoms. The number of benzene rings is 1. The van der Waals surface area contributed by atoms with Crippen molar-refractivity contribution < 1.29 is 14.3 Å². The highest BCUT2D eigenvalue weighted by Gasteiger charge is 2.30. The first-order valence-electron chi connectivity index (χ1n) is 8.14. The van der Waals surface area contributed by atoms with Crippen LogP contribution in [0.5, 0.6) is 0 Å². The fourth-order valence-corrected chi connectivity index (χ4v) is 2.75. The zero-order chi connectivity index (χ0) is 16.8. The summed E-state index contributed by atoms with van der Waals surface area (Å²) >= 11 is 0. The van der Waals surface area contributed by atoms with E-state index in [1.165, 1.54) is 9.80 Å². The Morgan fingerprint density at radius 2 is 1.74 bits per heavy atom. The maximum Gasteiger partial charge on any atom is 0.256 e. The van der Waals surface area contributed by atoms with Crippen molar-refractivity contribution in [1.82, 2.24) is 9.80 Å². The van der Waals surface area contributed by atoms with Crippen LogP contribution < -0.4 is 0 Å². The number of nitrogens with zero attached hydrogens (tertiary/aromatic N) is 2. The number of hydrogen-bond acceptors (Lipinski definition) is 3. The molecule has 0 spiro atoms. The molecule has 0 aliphatic heterocycles. The van der Waals surface area contributed by atoms with Crippen molar-refractivity contribution in [2.24, 2.45) is 0 Å². The molecule has 2 rings (SSSR count). The van der Waals surface area contributed by atoms with Crippen LogP contribution in [0.2, 0.25) is 0 Å². The maximum absolute atomic E-state index is 12.8. The molecular formula is C18H26N2O3. The van der Waals surface area contributed by atoms with Crippen LogP contribution in [0.15, 0.2) is 30.3 Å². The monoisotopic (exact) mass is 318 g/mol. The summed E-state index contributed by atoms with van der Waals surface area (Å²) in [7, 11) is 5.02. The number of rotatable bonds is 6. The first kappa shape index (κ1) is 17.5. The fourth-order valence-electron chi connectivity index (χ4n) is 2.75. The predicted octanol–water partition coefficient (Wildman–Crippen LogP) is 2.23. The molecule has 0 heterocycles. The van der Waals surface area contributed by atoms with Crippen molar-refractivity contribution >= 4 is 11.8 Å². The van der Waals surface area contributed by atoms with Crippen LogP contribution in [-0.4, -0.2) is 55.4 Å². The summed E-state index contributed by atoms with van der Waals surface area (Å²) in [5.41, 5.74) is 0.841. The van der Waals surface area contributed by atoms with Gasteiger partial charge in [-0.15, -0.1) is 0 Å². The minimum atomic E-state index is -0.640. The molecule has 2 amide bonds. The molecule has 1 unspecified atom stereocenters. The highest BCUT2D eigenvalue weighted by Crippen LogP contribution is 2.29. The van der Waals surface area contributed by atoms with Gasteiger partial charge in [0.1, 0.15) is 0 Å². The Bertz CT molecular complexity index is 524. The molecule has 126 valence electrons. The number of carbonyl (C=O) groups excluding carboxylic acids is 2. The molecule has 1 fully saturated rings. The van der Waals surface area contributed by atoms with Crippen molar-refractivity contribution in [3.63, 3.8) is 0 Å². The molecule has 1 atom stereocenters. The summed E-state index contributed by atoms with van der Waals surface area (Å²) in [5, 5.41) is 0. The average Bonchev–Trinajstić information content (AvgIpc) is 3.05. The highest BCUT2D eigenvalue weighted by atomic mass is 16.5. The summed E-state index contributed by atoms with van der Waals surface area (Å²) in [6.45, 7) is 0.0587. The van der Waals surface area contributed by atoms with Gasteiger partial charge in [0.2, 0.25) is 5.91 Å². The van der Waals surface area contributed by atoms with Crippen molar-refractivity contribution in [2.75, 3.05) is 27.7 Å². The van der Waals surface area contributed by atoms with E-state index < -0.39 is 6.10 Å². The first-order valence-corrected chi connectivity index (χ1v) is 8.14. The van der Waals surface area contributed by atoms with Gasteiger partial charge in [-0.1, -0.05) is 43.2 Å². The number of ether oxygens (including phenoxy) is 1. The molecule has 1 aromatic rings. The van der Waals surface area contributed by atoms with Crippen LogP contribution >= 0.6 is 0 Å². The van der Waals surface area contributed by atoms with E-state index in [4.69, 9.17) is 4.74 Å². The van der Waals surface area contributed by atoms with Gasteiger partial charge in [-0.05, 0) is 18.4 Å². The Morgan fingerprint density at radius 3 is 2.30 bits per heavy atom. The second kappa shape index (κ2) is 8.11. The van der Waals surface area contributed by atoms with Gasteiger partial charge in [-0.25, -0.2) is 0 Å². The van der Waals surface area contributed by atoms with E-state index in [2.05, 4.69) is 0 Å². The van der Waals surface area contributed by atoms with Gasteiger partial charge < -0.3 is 14.5 Å². The predicted molar refractivity (Wildman–Crippen MR) is 88.9 cm³/mol. The van der Waals surface area contributed by atoms with Gasteiger partial charge in [0.25, 0.3) is 5.91 Å². The van der Waals surface area contributed by atoms with E-state index in [1.54, 1.807) is 21.1 Å². The van der Waals surface area contributed by atoms with Crippen LogP contribution in [-0.2, 0) is 14.3 Å². The zero-order valence-electron chi connectivity index (χ0n) is 14.2. The van der Waals surface area contributed by atoms with Crippen molar-refractivity contribution in [2.45, 2.75) is 37.9 Å². The molecule has 1 aliphatic rings. The Labute approximate surface area is 138 Å². The van der Waals surface area contributed by atoms with Crippen LogP contribution in [0, 0.1) is 0 Å². The lowest BCUT2D eigenvalue weighted by Gasteiger charge is -2.27. The molecule has 0 aromatic heterocycles. The highest BCUT2D eigenvalue weighted by molar-refractivity contribution is 5.87. The molecular weight excluding hydrogens is 292 g/mol. The Morgan fingerprint density at radius 1 is 1.13 bits per heavy atom. The third kappa shape index (κ3) is 4.79. The number of amides is 2. The second-order valence-corrected chi connectivity index (χ2v) is 6.32. The minimum absolute atomic E-state index is 0.0587. The van der Waals surface area contributed by atoms with Gasteiger partial charge in [0.05, 0.1) is 12.6 Å². The van der Waals surface area contributed by atoms with E-state index in [0.29, 0.717) is 0 Å². The fraction of sp³-hybridized carbons (Fsp3) is 0.556. The maximum atomic E-state index is 12.8. The normalized spacial score (nSPS) is 16.1. The third-order valence-electron chi connectivity index (χ3n) is 4.20. The number of likely N-dealkylation sites (N-methyl/N-ethyl adjacent to an activating group) is 2. The Kier molecular flexibility index (Phi) is 6.16. The van der Waals surface area contributed by atoms with Crippen molar-refractivity contribution in [1.29, 1.82) is 0 Å². The molecule has 0 bridgehead atoms. The lowest BCUT2D eigenvalue weighted by atomic mass is 10.1. The van der Waals surface area contributed by atoms with Crippen LogP contribution in [0.25, 0.3) is 0 Å². The van der Waals surface area contributed by atoms with Gasteiger partial charge in [-0.2, -0.15) is 0 Å². The second-order valence-electron chi connectivity index (χ2n) is 6.32. The molecule has 0 radical (unpaired) electrons. The topological polar surface area (TPSA) is 49.9 Å². The molecule has 1 saturated carbocycles. The quantitative estimate of drug-likeness (QED) is 0.808. The molecule has 0 saturated heterocycles. The number of hydrogen-bond donors (Lipinski definition) is 0. The Balaban J connectivity index is 2.11. The van der Waals surface area contributed by atoms with Gasteiger partial charge >= 0.3 is 0 Å². The summed E-state index contributed by atoms with van der Waals surface area (Å²) in [6.07, 6.45) is 3.78. The standard InChI is InChI=1S/C18H26N2O3/c1-19(2)16(21)13-20(3)18(22)17(14-9-5-4-6-10-14)23-15-11-7-8-12-15/h4-6,9-10,15,17H,7-8,11-13H2,1-3H3. The lowest BCUT2D eigenvalue weighted by molar-refractivity contribution is -0.150. The molecule has 5 nitrogen and oxygen atoms in total. The Hall–Kier alpha value is -1.88. The largest absolute Gasteiger partial charge is 0.360 e. The van der Waals surface area contributed by atoms with Crippen LogP contribution in [0.3, 0.4) is 0 Å². The SMILES string of the molecule is CN(C)C(=O)CN(C)C(=O)C(OC1CCCC1)c1ccccc1. The van der Waals surface area contributed by atoms with Crippen molar-refractivity contribution in [3.05, 3.63) is 35.9 Å². The van der Waals surface area contributed by atoms with Gasteiger partial charge in [0, 0.05) is 21.1 Å². The van der Waals surface area contributed by atoms with E-state index in [0.717, 1.165) is 31.2 Å². The lowest BCUT2D eigenvalue weighted by Crippen LogP contribution is -2.41. The first-order chi connectivity index (χ1) is 11.0. The molecule has 1 aliphatic carbocycles. The van der Waals surface area contributed by atoms with Gasteiger partial charge in [-0.3, -0.25) is 9.59 Å². The van der Waals surface area contributed by atoms with E-state index in [1.807, 2.05) is 30.3 Å². The summed E-state index contributed by atoms with van der Waals surface area (Å²) in [4.78, 5) is 27.6. The average molecular weight is 318 g/mol. The van der Waals surface area contributed by atoms with Gasteiger partial charge in [0.15, 0.2) is 6.10 Å². The summed E-state index contributed by atoms with van der Waals surface area (Å²) in [5.74, 6) is -0.271. The van der Waals surface area contributed by atoms with E-state index in [9.17, 15) is 9.59 Å². The van der Waals surface area contributed by atoms with E-state index in [-0.39, 0.29) is 24.5 Å². The number of carbonyl (C=O) groups is 2. The van der Waals surface area contributed by atoms with Crippen LogP contribution in [0.1, 0.15) is 37.4 Å². The molecule has 0 N–H and O–H groups in total. The zero-order valence-corrected chi connectivity index (χ0v) is 14.2. The minimum Gasteiger partial charge on any atom is -0.360 e. The molecule has 5 heteroatoms. The third-order valence-corrected chi connectivity index (χ3v) is 4.20.